The molecule has 10 heteroatoms. The van der Waals surface area contributed by atoms with Crippen molar-refractivity contribution in [1.82, 2.24) is 24.4 Å². The number of benzene rings is 2. The normalized spacial score (nSPS) is 11.9. The van der Waals surface area contributed by atoms with Crippen molar-refractivity contribution in [2.24, 2.45) is 0 Å². The minimum absolute atomic E-state index is 0.141. The number of hydrogen-bond acceptors (Lipinski definition) is 7. The number of aromatic nitrogens is 5. The Labute approximate surface area is 202 Å². The molecule has 0 aliphatic heterocycles. The number of nitrogens with zero attached hydrogens (tertiary/aromatic N) is 5. The van der Waals surface area contributed by atoms with Gasteiger partial charge in [-0.15, -0.1) is 0 Å². The quantitative estimate of drug-likeness (QED) is 0.364. The summed E-state index contributed by atoms with van der Waals surface area (Å²) in [5.41, 5.74) is 1.69. The van der Waals surface area contributed by atoms with Gasteiger partial charge in [-0.1, -0.05) is 36.5 Å². The van der Waals surface area contributed by atoms with Crippen LogP contribution in [0.4, 0.5) is 4.39 Å². The standard InChI is InChI=1S/C25H20FN5O3S/c1-3-11-34-20-10-9-16(12-19(20)26)22-17(14-30(29-22)18-7-5-4-6-8-18)13-21-24(33)31-25(35-21)27-23(32)15(2)28-31/h4-10,12-14H,3,11H2,1-2H3. The summed E-state index contributed by atoms with van der Waals surface area (Å²) in [6.45, 7) is 3.87. The number of ether oxygens (including phenoxy) is 1. The Morgan fingerprint density at radius 1 is 1.11 bits per heavy atom. The fraction of sp³-hybridized carbons (Fsp3) is 0.160. The number of para-hydroxylation sites is 1. The second-order valence-corrected chi connectivity index (χ2v) is 8.83. The SMILES string of the molecule is CCCOc1ccc(-c2nn(-c3ccccc3)cc2C=c2sc3nc(=O)c(C)nn3c2=O)cc1F. The van der Waals surface area contributed by atoms with Gasteiger partial charge in [0.25, 0.3) is 11.1 Å². The van der Waals surface area contributed by atoms with E-state index < -0.39 is 16.9 Å². The summed E-state index contributed by atoms with van der Waals surface area (Å²) in [5, 5.41) is 8.74. The maximum absolute atomic E-state index is 14.8. The van der Waals surface area contributed by atoms with Gasteiger partial charge in [0.2, 0.25) is 4.96 Å². The highest BCUT2D eigenvalue weighted by Gasteiger charge is 2.15. The third-order valence-electron chi connectivity index (χ3n) is 5.26. The lowest BCUT2D eigenvalue weighted by atomic mass is 10.1. The molecule has 0 saturated heterocycles. The van der Waals surface area contributed by atoms with E-state index in [9.17, 15) is 14.0 Å². The van der Waals surface area contributed by atoms with Gasteiger partial charge in [-0.2, -0.15) is 19.7 Å². The third kappa shape index (κ3) is 4.35. The molecule has 0 aliphatic rings. The first-order chi connectivity index (χ1) is 16.9. The van der Waals surface area contributed by atoms with Gasteiger partial charge in [0, 0.05) is 17.3 Å². The van der Waals surface area contributed by atoms with Crippen LogP contribution in [0, 0.1) is 12.7 Å². The smallest absolute Gasteiger partial charge is 0.295 e. The molecule has 0 radical (unpaired) electrons. The van der Waals surface area contributed by atoms with Crippen LogP contribution in [0.15, 0.2) is 64.3 Å². The highest BCUT2D eigenvalue weighted by molar-refractivity contribution is 7.15. The summed E-state index contributed by atoms with van der Waals surface area (Å²) in [4.78, 5) is 29.0. The van der Waals surface area contributed by atoms with Gasteiger partial charge in [0.1, 0.15) is 11.4 Å². The third-order valence-corrected chi connectivity index (χ3v) is 6.22. The number of hydrogen-bond donors (Lipinski definition) is 0. The maximum Gasteiger partial charge on any atom is 0.295 e. The average Bonchev–Trinajstić information content (AvgIpc) is 3.41. The van der Waals surface area contributed by atoms with Crippen molar-refractivity contribution in [2.75, 3.05) is 6.61 Å². The van der Waals surface area contributed by atoms with Gasteiger partial charge < -0.3 is 4.74 Å². The first kappa shape index (κ1) is 22.6. The molecule has 0 bridgehead atoms. The summed E-state index contributed by atoms with van der Waals surface area (Å²) >= 11 is 1.06. The molecule has 8 nitrogen and oxygen atoms in total. The number of halogens is 1. The van der Waals surface area contributed by atoms with Crippen LogP contribution in [0.1, 0.15) is 24.6 Å². The predicted molar refractivity (Wildman–Crippen MR) is 132 cm³/mol. The van der Waals surface area contributed by atoms with E-state index in [1.54, 1.807) is 29.1 Å². The van der Waals surface area contributed by atoms with Gasteiger partial charge in [-0.3, -0.25) is 9.59 Å². The summed E-state index contributed by atoms with van der Waals surface area (Å²) in [6.07, 6.45) is 4.19. The molecule has 0 aliphatic carbocycles. The highest BCUT2D eigenvalue weighted by atomic mass is 32.1. The van der Waals surface area contributed by atoms with Gasteiger partial charge >= 0.3 is 0 Å². The molecule has 0 amide bonds. The van der Waals surface area contributed by atoms with Crippen LogP contribution in [0.5, 0.6) is 5.75 Å². The van der Waals surface area contributed by atoms with Crippen molar-refractivity contribution in [3.8, 4) is 22.7 Å². The Morgan fingerprint density at radius 2 is 1.91 bits per heavy atom. The topological polar surface area (TPSA) is 91.4 Å². The van der Waals surface area contributed by atoms with E-state index in [-0.39, 0.29) is 16.4 Å². The van der Waals surface area contributed by atoms with Crippen molar-refractivity contribution in [3.63, 3.8) is 0 Å². The van der Waals surface area contributed by atoms with E-state index in [2.05, 4.69) is 15.2 Å². The van der Waals surface area contributed by atoms with E-state index >= 15 is 0 Å². The number of thiazole rings is 1. The maximum atomic E-state index is 14.8. The van der Waals surface area contributed by atoms with Crippen LogP contribution in [0.25, 0.3) is 28.0 Å². The second kappa shape index (κ2) is 9.22. The lowest BCUT2D eigenvalue weighted by molar-refractivity contribution is 0.301. The molecule has 35 heavy (non-hydrogen) atoms. The predicted octanol–water partition coefficient (Wildman–Crippen LogP) is 3.15. The second-order valence-electron chi connectivity index (χ2n) is 7.82. The van der Waals surface area contributed by atoms with Crippen LogP contribution < -0.4 is 20.4 Å². The first-order valence-electron chi connectivity index (χ1n) is 10.9. The lowest BCUT2D eigenvalue weighted by Crippen LogP contribution is -2.27. The monoisotopic (exact) mass is 489 g/mol. The molecular formula is C25H20FN5O3S. The van der Waals surface area contributed by atoms with Gasteiger partial charge in [-0.05, 0) is 49.8 Å². The minimum Gasteiger partial charge on any atom is -0.491 e. The molecule has 0 unspecified atom stereocenters. The molecule has 3 heterocycles. The van der Waals surface area contributed by atoms with Crippen LogP contribution in [-0.2, 0) is 0 Å². The molecule has 0 fully saturated rings. The molecule has 3 aromatic heterocycles. The van der Waals surface area contributed by atoms with Gasteiger partial charge in [0.15, 0.2) is 11.6 Å². The van der Waals surface area contributed by atoms with Gasteiger partial charge in [-0.25, -0.2) is 9.07 Å². The molecule has 0 N–H and O–H groups in total. The van der Waals surface area contributed by atoms with Crippen molar-refractivity contribution in [3.05, 3.63) is 97.0 Å². The van der Waals surface area contributed by atoms with E-state index in [4.69, 9.17) is 4.74 Å². The zero-order chi connectivity index (χ0) is 24.5. The van der Waals surface area contributed by atoms with E-state index in [0.29, 0.717) is 28.0 Å². The van der Waals surface area contributed by atoms with E-state index in [1.807, 2.05) is 37.3 Å². The Balaban J connectivity index is 1.69. The van der Waals surface area contributed by atoms with Crippen LogP contribution in [0.3, 0.4) is 0 Å². The largest absolute Gasteiger partial charge is 0.491 e. The molecule has 5 aromatic rings. The Bertz CT molecular complexity index is 1710. The first-order valence-corrected chi connectivity index (χ1v) is 11.8. The van der Waals surface area contributed by atoms with Crippen LogP contribution in [0.2, 0.25) is 0 Å². The number of fused-ring (bicyclic) bond motifs is 1. The van der Waals surface area contributed by atoms with Crippen molar-refractivity contribution in [2.45, 2.75) is 20.3 Å². The number of rotatable bonds is 6. The zero-order valence-electron chi connectivity index (χ0n) is 18.9. The number of aryl methyl sites for hydroxylation is 1. The fourth-order valence-corrected chi connectivity index (χ4v) is 4.43. The van der Waals surface area contributed by atoms with Crippen LogP contribution in [-0.4, -0.2) is 31.0 Å². The average molecular weight is 490 g/mol. The Morgan fingerprint density at radius 3 is 2.66 bits per heavy atom. The van der Waals surface area contributed by atoms with Crippen LogP contribution >= 0.6 is 11.3 Å². The van der Waals surface area contributed by atoms with Crippen molar-refractivity contribution < 1.29 is 9.13 Å². The lowest BCUT2D eigenvalue weighted by Gasteiger charge is -2.07. The highest BCUT2D eigenvalue weighted by Crippen LogP contribution is 2.28. The molecule has 0 saturated carbocycles. The molecule has 5 rings (SSSR count). The Kier molecular flexibility index (Phi) is 5.96. The van der Waals surface area contributed by atoms with Gasteiger partial charge in [0.05, 0.1) is 16.8 Å². The molecule has 0 atom stereocenters. The zero-order valence-corrected chi connectivity index (χ0v) is 19.8. The fourth-order valence-electron chi connectivity index (χ4n) is 3.54. The Hall–Kier alpha value is -4.18. The molecule has 2 aromatic carbocycles. The summed E-state index contributed by atoms with van der Waals surface area (Å²) in [6, 6.07) is 14.1. The molecule has 0 spiro atoms. The summed E-state index contributed by atoms with van der Waals surface area (Å²) in [7, 11) is 0. The van der Waals surface area contributed by atoms with E-state index in [1.165, 1.54) is 13.0 Å². The summed E-state index contributed by atoms with van der Waals surface area (Å²) < 4.78 is 23.3. The molecular weight excluding hydrogens is 469 g/mol. The van der Waals surface area contributed by atoms with E-state index in [0.717, 1.165) is 28.0 Å². The summed E-state index contributed by atoms with van der Waals surface area (Å²) in [5.74, 6) is -0.322. The minimum atomic E-state index is -0.495. The van der Waals surface area contributed by atoms with Crippen molar-refractivity contribution >= 4 is 22.4 Å². The van der Waals surface area contributed by atoms with Crippen molar-refractivity contribution in [1.29, 1.82) is 0 Å². The molecule has 176 valence electrons.